The zero-order valence-electron chi connectivity index (χ0n) is 13.1. The van der Waals surface area contributed by atoms with Crippen LogP contribution in [0.4, 0.5) is 4.79 Å². The van der Waals surface area contributed by atoms with Crippen molar-refractivity contribution in [3.63, 3.8) is 0 Å². The van der Waals surface area contributed by atoms with Gasteiger partial charge in [0.15, 0.2) is 0 Å². The monoisotopic (exact) mass is 284 g/mol. The zero-order valence-corrected chi connectivity index (χ0v) is 13.1. The summed E-state index contributed by atoms with van der Waals surface area (Å²) >= 11 is 0. The van der Waals surface area contributed by atoms with Crippen molar-refractivity contribution in [2.24, 2.45) is 5.92 Å². The summed E-state index contributed by atoms with van der Waals surface area (Å²) in [5.41, 5.74) is 0.168. The van der Waals surface area contributed by atoms with E-state index in [2.05, 4.69) is 27.8 Å². The predicted molar refractivity (Wildman–Crippen MR) is 79.5 cm³/mol. The van der Waals surface area contributed by atoms with Gasteiger partial charge >= 0.3 is 6.03 Å². The Kier molecular flexibility index (Phi) is 6.42. The second-order valence-corrected chi connectivity index (χ2v) is 6.24. The molecule has 3 amide bonds. The van der Waals surface area contributed by atoms with Gasteiger partial charge in [-0.2, -0.15) is 0 Å². The molecule has 6 heteroatoms. The molecule has 0 bridgehead atoms. The third kappa shape index (κ3) is 5.88. The van der Waals surface area contributed by atoms with Gasteiger partial charge in [0.2, 0.25) is 5.91 Å². The molecule has 20 heavy (non-hydrogen) atoms. The quantitative estimate of drug-likeness (QED) is 0.689. The largest absolute Gasteiger partial charge is 0.338 e. The van der Waals surface area contributed by atoms with Crippen LogP contribution < -0.4 is 16.0 Å². The number of imide groups is 1. The van der Waals surface area contributed by atoms with Gasteiger partial charge in [-0.25, -0.2) is 4.79 Å². The number of nitrogens with zero attached hydrogens (tertiary/aromatic N) is 1. The fraction of sp³-hybridized carbons (Fsp3) is 0.857. The highest BCUT2D eigenvalue weighted by atomic mass is 16.2. The number of likely N-dealkylation sites (tertiary alicyclic amines) is 1. The molecule has 0 aromatic carbocycles. The van der Waals surface area contributed by atoms with Crippen LogP contribution in [0.3, 0.4) is 0 Å². The maximum atomic E-state index is 11.8. The van der Waals surface area contributed by atoms with Crippen LogP contribution in [0.1, 0.15) is 33.6 Å². The van der Waals surface area contributed by atoms with Gasteiger partial charge in [-0.05, 0) is 32.7 Å². The van der Waals surface area contributed by atoms with Gasteiger partial charge in [-0.15, -0.1) is 0 Å². The lowest BCUT2D eigenvalue weighted by Crippen LogP contribution is -2.52. The van der Waals surface area contributed by atoms with E-state index in [-0.39, 0.29) is 18.0 Å². The molecule has 1 aliphatic rings. The number of piperidine rings is 1. The van der Waals surface area contributed by atoms with Crippen LogP contribution in [0.5, 0.6) is 0 Å². The van der Waals surface area contributed by atoms with Crippen LogP contribution in [0, 0.1) is 5.92 Å². The van der Waals surface area contributed by atoms with E-state index in [1.807, 2.05) is 20.9 Å². The first kappa shape index (κ1) is 16.9. The Labute approximate surface area is 121 Å². The van der Waals surface area contributed by atoms with Gasteiger partial charge in [0.25, 0.3) is 0 Å². The van der Waals surface area contributed by atoms with Crippen LogP contribution in [-0.4, -0.2) is 55.6 Å². The number of carbonyl (C=O) groups is 2. The molecule has 0 spiro atoms. The number of hydrogen-bond acceptors (Lipinski definition) is 4. The molecule has 0 radical (unpaired) electrons. The van der Waals surface area contributed by atoms with Crippen LogP contribution in [0.25, 0.3) is 0 Å². The molecule has 6 nitrogen and oxygen atoms in total. The normalized spacial score (nSPS) is 18.9. The minimum absolute atomic E-state index is 0.168. The van der Waals surface area contributed by atoms with Crippen molar-refractivity contribution < 1.29 is 9.59 Å². The first-order chi connectivity index (χ1) is 9.34. The molecule has 1 aliphatic heterocycles. The Morgan fingerprint density at radius 1 is 1.25 bits per heavy atom. The summed E-state index contributed by atoms with van der Waals surface area (Å²) in [5.74, 6) is 0.136. The van der Waals surface area contributed by atoms with Crippen molar-refractivity contribution in [3.05, 3.63) is 0 Å². The molecule has 1 rings (SSSR count). The van der Waals surface area contributed by atoms with E-state index >= 15 is 0 Å². The molecular formula is C14H28N4O2. The molecule has 1 heterocycles. The molecule has 116 valence electrons. The van der Waals surface area contributed by atoms with Crippen molar-refractivity contribution in [1.82, 2.24) is 20.9 Å². The fourth-order valence-corrected chi connectivity index (χ4v) is 2.16. The minimum Gasteiger partial charge on any atom is -0.338 e. The first-order valence-corrected chi connectivity index (χ1v) is 7.33. The third-order valence-corrected chi connectivity index (χ3v) is 3.85. The van der Waals surface area contributed by atoms with Crippen LogP contribution in [0.15, 0.2) is 0 Å². The molecule has 0 atom stereocenters. The Morgan fingerprint density at radius 3 is 2.35 bits per heavy atom. The second-order valence-electron chi connectivity index (χ2n) is 6.24. The van der Waals surface area contributed by atoms with E-state index in [9.17, 15) is 9.59 Å². The summed E-state index contributed by atoms with van der Waals surface area (Å²) in [5, 5.41) is 8.37. The lowest BCUT2D eigenvalue weighted by molar-refractivity contribution is -0.121. The third-order valence-electron chi connectivity index (χ3n) is 3.85. The van der Waals surface area contributed by atoms with E-state index in [4.69, 9.17) is 0 Å². The molecule has 0 aromatic rings. The summed E-state index contributed by atoms with van der Waals surface area (Å²) in [7, 11) is 1.97. The summed E-state index contributed by atoms with van der Waals surface area (Å²) in [6.07, 6.45) is 2.02. The van der Waals surface area contributed by atoms with Gasteiger partial charge in [0, 0.05) is 25.2 Å². The van der Waals surface area contributed by atoms with E-state index in [0.717, 1.165) is 25.9 Å². The number of rotatable bonds is 5. The molecule has 1 fully saturated rings. The van der Waals surface area contributed by atoms with Gasteiger partial charge in [0.1, 0.15) is 0 Å². The van der Waals surface area contributed by atoms with Crippen LogP contribution >= 0.6 is 0 Å². The first-order valence-electron chi connectivity index (χ1n) is 7.33. The highest BCUT2D eigenvalue weighted by Gasteiger charge is 2.28. The second kappa shape index (κ2) is 7.59. The molecule has 0 aromatic heterocycles. The van der Waals surface area contributed by atoms with Gasteiger partial charge in [0.05, 0.1) is 6.54 Å². The zero-order chi connectivity index (χ0) is 15.2. The average molecular weight is 284 g/mol. The summed E-state index contributed by atoms with van der Waals surface area (Å²) in [4.78, 5) is 25.3. The smallest absolute Gasteiger partial charge is 0.321 e. The van der Waals surface area contributed by atoms with Crippen molar-refractivity contribution in [2.45, 2.75) is 39.2 Å². The Bertz CT molecular complexity index is 336. The van der Waals surface area contributed by atoms with Gasteiger partial charge < -0.3 is 10.6 Å². The summed E-state index contributed by atoms with van der Waals surface area (Å²) < 4.78 is 0. The maximum Gasteiger partial charge on any atom is 0.321 e. The number of urea groups is 1. The maximum absolute atomic E-state index is 11.8. The van der Waals surface area contributed by atoms with Crippen LogP contribution in [-0.2, 0) is 4.79 Å². The van der Waals surface area contributed by atoms with Gasteiger partial charge in [-0.1, -0.05) is 13.8 Å². The Hall–Kier alpha value is -1.14. The number of carbonyl (C=O) groups excluding carboxylic acids is 2. The summed E-state index contributed by atoms with van der Waals surface area (Å²) in [6, 6.07) is -0.402. The van der Waals surface area contributed by atoms with Crippen molar-refractivity contribution in [1.29, 1.82) is 0 Å². The van der Waals surface area contributed by atoms with E-state index in [1.165, 1.54) is 0 Å². The standard InChI is InChI=1S/C14H28N4O2/c1-11(2)9-16-13(20)17-12(19)10-18-7-5-14(3,15-4)6-8-18/h11,15H,5-10H2,1-4H3,(H2,16,17,19,20). The number of nitrogens with one attached hydrogen (secondary N) is 3. The lowest BCUT2D eigenvalue weighted by atomic mass is 9.90. The minimum atomic E-state index is -0.402. The molecule has 0 aliphatic carbocycles. The molecule has 0 saturated carbocycles. The SMILES string of the molecule is CNC1(C)CCN(CC(=O)NC(=O)NCC(C)C)CC1. The average Bonchev–Trinajstić information content (AvgIpc) is 2.39. The molecule has 1 saturated heterocycles. The topological polar surface area (TPSA) is 73.5 Å². The van der Waals surface area contributed by atoms with Crippen molar-refractivity contribution in [2.75, 3.05) is 33.2 Å². The van der Waals surface area contributed by atoms with E-state index in [1.54, 1.807) is 0 Å². The molecular weight excluding hydrogens is 256 g/mol. The Morgan fingerprint density at radius 2 is 1.85 bits per heavy atom. The highest BCUT2D eigenvalue weighted by molar-refractivity contribution is 5.95. The van der Waals surface area contributed by atoms with E-state index in [0.29, 0.717) is 12.5 Å². The number of hydrogen-bond donors (Lipinski definition) is 3. The molecule has 0 unspecified atom stereocenters. The lowest BCUT2D eigenvalue weighted by Gasteiger charge is -2.38. The number of amides is 3. The fourth-order valence-electron chi connectivity index (χ4n) is 2.16. The van der Waals surface area contributed by atoms with Crippen molar-refractivity contribution in [3.8, 4) is 0 Å². The predicted octanol–water partition coefficient (Wildman–Crippen LogP) is 0.542. The molecule has 3 N–H and O–H groups in total. The van der Waals surface area contributed by atoms with Gasteiger partial charge in [-0.3, -0.25) is 15.0 Å². The van der Waals surface area contributed by atoms with Crippen LogP contribution in [0.2, 0.25) is 0 Å². The van der Waals surface area contributed by atoms with Crippen molar-refractivity contribution >= 4 is 11.9 Å². The summed E-state index contributed by atoms with van der Waals surface area (Å²) in [6.45, 7) is 8.82. The highest BCUT2D eigenvalue weighted by Crippen LogP contribution is 2.20. The van der Waals surface area contributed by atoms with E-state index < -0.39 is 6.03 Å². The Balaban J connectivity index is 2.25.